The number of aromatic nitrogens is 2. The lowest BCUT2D eigenvalue weighted by atomic mass is 10.0. The van der Waals surface area contributed by atoms with Crippen molar-refractivity contribution in [3.05, 3.63) is 10.9 Å². The van der Waals surface area contributed by atoms with Crippen molar-refractivity contribution in [1.82, 2.24) is 9.97 Å². The quantitative estimate of drug-likeness (QED) is 0.858. The van der Waals surface area contributed by atoms with E-state index in [0.29, 0.717) is 5.95 Å². The molecule has 0 aromatic carbocycles. The van der Waals surface area contributed by atoms with Crippen molar-refractivity contribution in [1.29, 1.82) is 0 Å². The fourth-order valence-electron chi connectivity index (χ4n) is 2.67. The summed E-state index contributed by atoms with van der Waals surface area (Å²) in [7, 11) is 0. The minimum Gasteiger partial charge on any atom is -0.368 e. The summed E-state index contributed by atoms with van der Waals surface area (Å²) in [4.78, 5) is 13.4. The first-order valence-electron chi connectivity index (χ1n) is 6.42. The van der Waals surface area contributed by atoms with E-state index in [9.17, 15) is 0 Å². The second kappa shape index (κ2) is 4.39. The zero-order valence-corrected chi connectivity index (χ0v) is 11.6. The van der Waals surface area contributed by atoms with E-state index < -0.39 is 0 Å². The van der Waals surface area contributed by atoms with Gasteiger partial charge >= 0.3 is 0 Å². The van der Waals surface area contributed by atoms with Gasteiger partial charge in [-0.05, 0) is 31.7 Å². The highest BCUT2D eigenvalue weighted by atomic mass is 32.1. The lowest BCUT2D eigenvalue weighted by Crippen LogP contribution is -2.35. The van der Waals surface area contributed by atoms with Gasteiger partial charge in [0.25, 0.3) is 0 Å². The molecule has 1 aliphatic rings. The molecule has 5 heteroatoms. The number of rotatable bonds is 1. The van der Waals surface area contributed by atoms with Crippen LogP contribution in [0, 0.1) is 12.8 Å². The minimum atomic E-state index is 0.387. The second-order valence-electron chi connectivity index (χ2n) is 5.17. The van der Waals surface area contributed by atoms with Gasteiger partial charge < -0.3 is 10.6 Å². The predicted molar refractivity (Wildman–Crippen MR) is 77.2 cm³/mol. The number of fused-ring (bicyclic) bond motifs is 1. The smallest absolute Gasteiger partial charge is 0.223 e. The van der Waals surface area contributed by atoms with Gasteiger partial charge in [-0.2, -0.15) is 4.98 Å². The van der Waals surface area contributed by atoms with Gasteiger partial charge in [0.2, 0.25) is 5.95 Å². The maximum atomic E-state index is 5.83. The average molecular weight is 262 g/mol. The van der Waals surface area contributed by atoms with E-state index >= 15 is 0 Å². The van der Waals surface area contributed by atoms with E-state index in [1.165, 1.54) is 17.7 Å². The Morgan fingerprint density at radius 2 is 2.28 bits per heavy atom. The second-order valence-corrected chi connectivity index (χ2v) is 6.41. The number of thiophene rings is 1. The Bertz CT molecular complexity index is 578. The number of hydrogen-bond donors (Lipinski definition) is 1. The van der Waals surface area contributed by atoms with Crippen molar-refractivity contribution in [2.45, 2.75) is 26.7 Å². The molecular formula is C13H18N4S. The van der Waals surface area contributed by atoms with E-state index in [2.05, 4.69) is 34.8 Å². The fourth-order valence-corrected chi connectivity index (χ4v) is 3.55. The van der Waals surface area contributed by atoms with Crippen LogP contribution in [0.1, 0.15) is 24.6 Å². The first-order chi connectivity index (χ1) is 8.63. The van der Waals surface area contributed by atoms with Gasteiger partial charge in [0.05, 0.1) is 5.39 Å². The van der Waals surface area contributed by atoms with Crippen LogP contribution in [0.3, 0.4) is 0 Å². The van der Waals surface area contributed by atoms with Crippen molar-refractivity contribution < 1.29 is 0 Å². The van der Waals surface area contributed by atoms with Crippen molar-refractivity contribution in [3.8, 4) is 0 Å². The summed E-state index contributed by atoms with van der Waals surface area (Å²) < 4.78 is 0. The van der Waals surface area contributed by atoms with E-state index in [1.807, 2.05) is 0 Å². The Morgan fingerprint density at radius 3 is 3.06 bits per heavy atom. The van der Waals surface area contributed by atoms with E-state index in [0.717, 1.165) is 35.0 Å². The highest BCUT2D eigenvalue weighted by molar-refractivity contribution is 7.18. The van der Waals surface area contributed by atoms with Crippen LogP contribution in [0.25, 0.3) is 10.2 Å². The molecule has 3 heterocycles. The normalized spacial score (nSPS) is 20.6. The zero-order chi connectivity index (χ0) is 12.7. The summed E-state index contributed by atoms with van der Waals surface area (Å²) >= 11 is 1.69. The van der Waals surface area contributed by atoms with Gasteiger partial charge in [-0.1, -0.05) is 6.92 Å². The molecule has 4 nitrogen and oxygen atoms in total. The highest BCUT2D eigenvalue weighted by Gasteiger charge is 2.21. The van der Waals surface area contributed by atoms with Gasteiger partial charge in [-0.3, -0.25) is 0 Å². The van der Waals surface area contributed by atoms with Gasteiger partial charge in [0.1, 0.15) is 10.6 Å². The van der Waals surface area contributed by atoms with Crippen LogP contribution in [0.2, 0.25) is 0 Å². The maximum Gasteiger partial charge on any atom is 0.223 e. The van der Waals surface area contributed by atoms with Crippen LogP contribution in [-0.4, -0.2) is 23.1 Å². The largest absolute Gasteiger partial charge is 0.368 e. The highest BCUT2D eigenvalue weighted by Crippen LogP contribution is 2.33. The summed E-state index contributed by atoms with van der Waals surface area (Å²) in [6.07, 6.45) is 2.54. The Balaban J connectivity index is 2.09. The number of hydrogen-bond acceptors (Lipinski definition) is 5. The van der Waals surface area contributed by atoms with Crippen molar-refractivity contribution >= 4 is 33.3 Å². The Kier molecular flexibility index (Phi) is 2.86. The van der Waals surface area contributed by atoms with Crippen LogP contribution in [-0.2, 0) is 0 Å². The molecule has 1 atom stereocenters. The molecule has 1 fully saturated rings. The molecule has 3 rings (SSSR count). The number of nitrogen functional groups attached to an aromatic ring is 1. The Labute approximate surface area is 111 Å². The molecule has 96 valence electrons. The number of nitrogens with two attached hydrogens (primary N) is 1. The number of nitrogens with zero attached hydrogens (tertiary/aromatic N) is 3. The molecule has 1 saturated heterocycles. The summed E-state index contributed by atoms with van der Waals surface area (Å²) in [6, 6.07) is 2.17. The average Bonchev–Trinajstić information content (AvgIpc) is 2.68. The SMILES string of the molecule is Cc1cc2c(N3CCCC(C)C3)nc(N)nc2s1. The molecule has 0 saturated carbocycles. The number of aryl methyl sites for hydroxylation is 1. The summed E-state index contributed by atoms with van der Waals surface area (Å²) in [5.74, 6) is 2.13. The molecule has 0 spiro atoms. The molecule has 0 aliphatic carbocycles. The topological polar surface area (TPSA) is 55.0 Å². The summed E-state index contributed by atoms with van der Waals surface area (Å²) in [5, 5.41) is 1.15. The molecule has 2 N–H and O–H groups in total. The van der Waals surface area contributed by atoms with E-state index in [1.54, 1.807) is 11.3 Å². The van der Waals surface area contributed by atoms with Crippen molar-refractivity contribution in [3.63, 3.8) is 0 Å². The molecule has 0 radical (unpaired) electrons. The molecule has 0 bridgehead atoms. The third-order valence-corrected chi connectivity index (χ3v) is 4.41. The standard InChI is InChI=1S/C13H18N4S/c1-8-4-3-5-17(7-8)11-10-6-9(2)18-12(10)16-13(14)15-11/h6,8H,3-5,7H2,1-2H3,(H2,14,15,16). The van der Waals surface area contributed by atoms with Crippen LogP contribution >= 0.6 is 11.3 Å². The van der Waals surface area contributed by atoms with E-state index in [4.69, 9.17) is 5.73 Å². The van der Waals surface area contributed by atoms with Crippen LogP contribution < -0.4 is 10.6 Å². The van der Waals surface area contributed by atoms with Gasteiger partial charge in [0, 0.05) is 18.0 Å². The first-order valence-corrected chi connectivity index (χ1v) is 7.24. The minimum absolute atomic E-state index is 0.387. The van der Waals surface area contributed by atoms with E-state index in [-0.39, 0.29) is 0 Å². The zero-order valence-electron chi connectivity index (χ0n) is 10.8. The molecule has 1 unspecified atom stereocenters. The predicted octanol–water partition coefficient (Wildman–Crippen LogP) is 2.82. The number of anilines is 2. The number of piperidine rings is 1. The summed E-state index contributed by atoms with van der Waals surface area (Å²) in [5.41, 5.74) is 5.83. The van der Waals surface area contributed by atoms with Crippen LogP contribution in [0.5, 0.6) is 0 Å². The van der Waals surface area contributed by atoms with Gasteiger partial charge in [0.15, 0.2) is 0 Å². The Hall–Kier alpha value is -1.36. The lowest BCUT2D eigenvalue weighted by Gasteiger charge is -2.32. The lowest BCUT2D eigenvalue weighted by molar-refractivity contribution is 0.445. The molecule has 2 aromatic heterocycles. The molecule has 0 amide bonds. The first kappa shape index (κ1) is 11.7. The molecular weight excluding hydrogens is 244 g/mol. The van der Waals surface area contributed by atoms with Crippen LogP contribution in [0.15, 0.2) is 6.07 Å². The van der Waals surface area contributed by atoms with Crippen LogP contribution in [0.4, 0.5) is 11.8 Å². The fraction of sp³-hybridized carbons (Fsp3) is 0.538. The molecule has 2 aromatic rings. The Morgan fingerprint density at radius 1 is 1.44 bits per heavy atom. The summed E-state index contributed by atoms with van der Waals surface area (Å²) in [6.45, 7) is 6.54. The van der Waals surface area contributed by atoms with Crippen molar-refractivity contribution in [2.75, 3.05) is 23.7 Å². The molecule has 1 aliphatic heterocycles. The van der Waals surface area contributed by atoms with Crippen molar-refractivity contribution in [2.24, 2.45) is 5.92 Å². The third kappa shape index (κ3) is 2.03. The third-order valence-electron chi connectivity index (χ3n) is 3.47. The van der Waals surface area contributed by atoms with Gasteiger partial charge in [-0.15, -0.1) is 11.3 Å². The van der Waals surface area contributed by atoms with Gasteiger partial charge in [-0.25, -0.2) is 4.98 Å². The maximum absolute atomic E-state index is 5.83. The molecule has 18 heavy (non-hydrogen) atoms. The monoisotopic (exact) mass is 262 g/mol.